The van der Waals surface area contributed by atoms with Gasteiger partial charge in [0, 0.05) is 32.1 Å². The topological polar surface area (TPSA) is 71.3 Å². The minimum atomic E-state index is -0.0361. The van der Waals surface area contributed by atoms with Gasteiger partial charge >= 0.3 is 0 Å². The van der Waals surface area contributed by atoms with Crippen LogP contribution in [0.4, 0.5) is 0 Å². The molecule has 168 valence electrons. The summed E-state index contributed by atoms with van der Waals surface area (Å²) in [5.74, 6) is 1.33. The highest BCUT2D eigenvalue weighted by Crippen LogP contribution is 2.25. The molecule has 1 aliphatic heterocycles. The van der Waals surface area contributed by atoms with Crippen molar-refractivity contribution in [3.8, 4) is 5.69 Å². The Labute approximate surface area is 189 Å². The molecule has 0 N–H and O–H groups in total. The Morgan fingerprint density at radius 3 is 2.45 bits per heavy atom. The van der Waals surface area contributed by atoms with Gasteiger partial charge in [0.1, 0.15) is 5.82 Å². The van der Waals surface area contributed by atoms with Crippen molar-refractivity contribution in [1.82, 2.24) is 24.6 Å². The predicted octanol–water partition coefficient (Wildman–Crippen LogP) is 3.47. The van der Waals surface area contributed by atoms with Gasteiger partial charge < -0.3 is 9.80 Å². The monoisotopic (exact) mass is 443 g/mol. The lowest BCUT2D eigenvalue weighted by molar-refractivity contribution is -0.142. The van der Waals surface area contributed by atoms with Gasteiger partial charge in [-0.05, 0) is 37.8 Å². The van der Waals surface area contributed by atoms with Crippen LogP contribution < -0.4 is 0 Å². The molecule has 0 aliphatic carbocycles. The quantitative estimate of drug-likeness (QED) is 0.662. The molecule has 1 aliphatic rings. The highest BCUT2D eigenvalue weighted by Gasteiger charge is 2.31. The Hall–Kier alpha value is -2.35. The molecular formula is C23H33N5O2S. The summed E-state index contributed by atoms with van der Waals surface area (Å²) in [5, 5.41) is 9.22. The van der Waals surface area contributed by atoms with Crippen LogP contribution in [0.5, 0.6) is 0 Å². The first-order valence-corrected chi connectivity index (χ1v) is 11.7. The summed E-state index contributed by atoms with van der Waals surface area (Å²) in [7, 11) is 0. The fraction of sp³-hybridized carbons (Fsp3) is 0.565. The van der Waals surface area contributed by atoms with Crippen LogP contribution in [0.1, 0.15) is 45.5 Å². The van der Waals surface area contributed by atoms with E-state index in [-0.39, 0.29) is 23.3 Å². The Morgan fingerprint density at radius 1 is 1.10 bits per heavy atom. The highest BCUT2D eigenvalue weighted by atomic mass is 32.2. The second-order valence-corrected chi connectivity index (χ2v) is 10.4. The number of nitrogens with zero attached hydrogens (tertiary/aromatic N) is 5. The van der Waals surface area contributed by atoms with E-state index in [1.807, 2.05) is 46.4 Å². The third-order valence-electron chi connectivity index (χ3n) is 5.46. The maximum Gasteiger partial charge on any atom is 0.233 e. The van der Waals surface area contributed by atoms with E-state index >= 15 is 0 Å². The molecule has 1 aromatic carbocycles. The van der Waals surface area contributed by atoms with Crippen LogP contribution >= 0.6 is 11.8 Å². The number of hydrogen-bond donors (Lipinski definition) is 0. The summed E-state index contributed by atoms with van der Waals surface area (Å²) < 4.78 is 2.00. The van der Waals surface area contributed by atoms with Crippen LogP contribution in [-0.4, -0.2) is 67.8 Å². The third kappa shape index (κ3) is 5.67. The van der Waals surface area contributed by atoms with Crippen LogP contribution in [-0.2, 0) is 9.59 Å². The molecule has 0 saturated carbocycles. The summed E-state index contributed by atoms with van der Waals surface area (Å²) in [6.45, 7) is 13.9. The lowest BCUT2D eigenvalue weighted by Gasteiger charge is -2.40. The fourth-order valence-electron chi connectivity index (χ4n) is 3.86. The maximum atomic E-state index is 12.9. The minimum absolute atomic E-state index is 0.0235. The average Bonchev–Trinajstić information content (AvgIpc) is 3.05. The van der Waals surface area contributed by atoms with Gasteiger partial charge in [-0.15, -0.1) is 10.2 Å². The van der Waals surface area contributed by atoms with Gasteiger partial charge in [0.15, 0.2) is 5.16 Å². The molecule has 1 saturated heterocycles. The van der Waals surface area contributed by atoms with Gasteiger partial charge in [-0.3, -0.25) is 14.2 Å². The lowest BCUT2D eigenvalue weighted by atomic mass is 9.91. The molecule has 2 heterocycles. The fourth-order valence-corrected chi connectivity index (χ4v) is 4.75. The number of rotatable bonds is 5. The summed E-state index contributed by atoms with van der Waals surface area (Å²) in [4.78, 5) is 29.3. The lowest BCUT2D eigenvalue weighted by Crippen LogP contribution is -2.56. The largest absolute Gasteiger partial charge is 0.338 e. The molecule has 0 bridgehead atoms. The Bertz CT molecular complexity index is 950. The number of aryl methyl sites for hydroxylation is 2. The Kier molecular flexibility index (Phi) is 7.09. The SMILES string of the molecule is Cc1ccccc1-n1c(C)nnc1SCC(=O)N1CCN(C(=O)CC(C)(C)C)C(C)C1. The molecule has 0 radical (unpaired) electrons. The molecular weight excluding hydrogens is 410 g/mol. The minimum Gasteiger partial charge on any atom is -0.338 e. The first-order valence-electron chi connectivity index (χ1n) is 10.7. The van der Waals surface area contributed by atoms with Crippen LogP contribution in [0, 0.1) is 19.3 Å². The molecule has 2 aromatic rings. The number of thioether (sulfide) groups is 1. The Balaban J connectivity index is 1.61. The standard InChI is InChI=1S/C23H33N5O2S/c1-16-9-7-8-10-19(16)28-18(3)24-25-22(28)31-15-21(30)26-11-12-27(17(2)14-26)20(29)13-23(4,5)6/h7-10,17H,11-15H2,1-6H3. The zero-order valence-corrected chi connectivity index (χ0v) is 20.2. The molecule has 8 heteroatoms. The van der Waals surface area contributed by atoms with Gasteiger partial charge in [-0.2, -0.15) is 0 Å². The van der Waals surface area contributed by atoms with E-state index in [0.717, 1.165) is 17.1 Å². The number of aromatic nitrogens is 3. The van der Waals surface area contributed by atoms with E-state index in [1.165, 1.54) is 11.8 Å². The number of carbonyl (C=O) groups excluding carboxylic acids is 2. The smallest absolute Gasteiger partial charge is 0.233 e. The van der Waals surface area contributed by atoms with Gasteiger partial charge in [-0.25, -0.2) is 0 Å². The first kappa shape index (κ1) is 23.3. The van der Waals surface area contributed by atoms with E-state index in [1.54, 1.807) is 0 Å². The third-order valence-corrected chi connectivity index (χ3v) is 6.37. The normalized spacial score (nSPS) is 17.2. The molecule has 1 atom stereocenters. The van der Waals surface area contributed by atoms with Crippen molar-refractivity contribution in [2.75, 3.05) is 25.4 Å². The molecule has 7 nitrogen and oxygen atoms in total. The van der Waals surface area contributed by atoms with Crippen molar-refractivity contribution in [3.63, 3.8) is 0 Å². The molecule has 1 unspecified atom stereocenters. The van der Waals surface area contributed by atoms with Gasteiger partial charge in [-0.1, -0.05) is 50.7 Å². The van der Waals surface area contributed by atoms with Crippen molar-refractivity contribution in [3.05, 3.63) is 35.7 Å². The van der Waals surface area contributed by atoms with Gasteiger partial charge in [0.25, 0.3) is 0 Å². The van der Waals surface area contributed by atoms with Crippen molar-refractivity contribution in [2.24, 2.45) is 5.41 Å². The second-order valence-electron chi connectivity index (χ2n) is 9.45. The zero-order valence-electron chi connectivity index (χ0n) is 19.4. The van der Waals surface area contributed by atoms with Gasteiger partial charge in [0.05, 0.1) is 11.4 Å². The van der Waals surface area contributed by atoms with Crippen LogP contribution in [0.25, 0.3) is 5.69 Å². The summed E-state index contributed by atoms with van der Waals surface area (Å²) in [5.41, 5.74) is 2.12. The molecule has 3 rings (SSSR count). The average molecular weight is 444 g/mol. The van der Waals surface area contributed by atoms with Crippen molar-refractivity contribution >= 4 is 23.6 Å². The van der Waals surface area contributed by atoms with E-state index in [4.69, 9.17) is 0 Å². The summed E-state index contributed by atoms with van der Waals surface area (Å²) >= 11 is 1.41. The van der Waals surface area contributed by atoms with Crippen molar-refractivity contribution < 1.29 is 9.59 Å². The zero-order chi connectivity index (χ0) is 22.8. The highest BCUT2D eigenvalue weighted by molar-refractivity contribution is 7.99. The van der Waals surface area contributed by atoms with Crippen LogP contribution in [0.3, 0.4) is 0 Å². The molecule has 1 aromatic heterocycles. The predicted molar refractivity (Wildman–Crippen MR) is 123 cm³/mol. The molecule has 1 fully saturated rings. The number of para-hydroxylation sites is 1. The van der Waals surface area contributed by atoms with E-state index < -0.39 is 0 Å². The Morgan fingerprint density at radius 2 is 1.81 bits per heavy atom. The number of benzene rings is 1. The molecule has 2 amide bonds. The second kappa shape index (κ2) is 9.42. The number of hydrogen-bond acceptors (Lipinski definition) is 5. The van der Waals surface area contributed by atoms with E-state index in [9.17, 15) is 9.59 Å². The van der Waals surface area contributed by atoms with Gasteiger partial charge in [0.2, 0.25) is 11.8 Å². The van der Waals surface area contributed by atoms with E-state index in [2.05, 4.69) is 44.0 Å². The molecule has 31 heavy (non-hydrogen) atoms. The number of carbonyl (C=O) groups is 2. The van der Waals surface area contributed by atoms with E-state index in [0.29, 0.717) is 37.0 Å². The van der Waals surface area contributed by atoms with Crippen molar-refractivity contribution in [1.29, 1.82) is 0 Å². The van der Waals surface area contributed by atoms with Crippen LogP contribution in [0.15, 0.2) is 29.4 Å². The maximum absolute atomic E-state index is 12.9. The number of piperazine rings is 1. The first-order chi connectivity index (χ1) is 14.6. The van der Waals surface area contributed by atoms with Crippen LogP contribution in [0.2, 0.25) is 0 Å². The molecule has 0 spiro atoms. The summed E-state index contributed by atoms with van der Waals surface area (Å²) in [6, 6.07) is 8.10. The number of amides is 2. The summed E-state index contributed by atoms with van der Waals surface area (Å²) in [6.07, 6.45) is 0.523. The van der Waals surface area contributed by atoms with Crippen molar-refractivity contribution in [2.45, 2.75) is 59.2 Å².